The van der Waals surface area contributed by atoms with Crippen LogP contribution in [-0.4, -0.2) is 41.2 Å². The first-order valence-electron chi connectivity index (χ1n) is 11.8. The number of aromatic nitrogens is 3. The number of H-pyrrole nitrogens is 2. The standard InChI is InChI=1S/C25H34N4O2.2H2/c1-5-25(6-2,22-13-30-14-31-22)19-12-20-18(11-21(19)26-7-3)17-10-8-9-16-15(4)28-29-24(16)23(17)27-20;;/h11-12,22,26-27H,5-10,13-14H2,1-4H3,(H,28,29);2*1H. The van der Waals surface area contributed by atoms with E-state index < -0.39 is 0 Å². The summed E-state index contributed by atoms with van der Waals surface area (Å²) in [6.45, 7) is 10.8. The maximum absolute atomic E-state index is 6.07. The smallest absolute Gasteiger partial charge is 0.147 e. The Morgan fingerprint density at radius 3 is 2.71 bits per heavy atom. The molecule has 0 radical (unpaired) electrons. The maximum atomic E-state index is 6.07. The monoisotopic (exact) mass is 426 g/mol. The number of ether oxygens (including phenoxy) is 2. The Balaban J connectivity index is 0.00000153. The lowest BCUT2D eigenvalue weighted by atomic mass is 9.70. The third kappa shape index (κ3) is 3.11. The number of hydrogen-bond acceptors (Lipinski definition) is 4. The molecule has 5 rings (SSSR count). The fraction of sp³-hybridized carbons (Fsp3) is 0.560. The Hall–Kier alpha value is -2.31. The summed E-state index contributed by atoms with van der Waals surface area (Å²) >= 11 is 0. The molecule has 1 saturated heterocycles. The van der Waals surface area contributed by atoms with E-state index in [2.05, 4.69) is 60.3 Å². The highest BCUT2D eigenvalue weighted by Gasteiger charge is 2.42. The summed E-state index contributed by atoms with van der Waals surface area (Å²) in [4.78, 5) is 3.76. The van der Waals surface area contributed by atoms with E-state index in [9.17, 15) is 0 Å². The van der Waals surface area contributed by atoms with Gasteiger partial charge in [-0.05, 0) is 69.2 Å². The van der Waals surface area contributed by atoms with Crippen molar-refractivity contribution in [1.29, 1.82) is 0 Å². The van der Waals surface area contributed by atoms with Crippen molar-refractivity contribution in [2.24, 2.45) is 0 Å². The molecule has 2 aliphatic rings. The zero-order valence-electron chi connectivity index (χ0n) is 19.2. The number of aromatic amines is 2. The van der Waals surface area contributed by atoms with E-state index >= 15 is 0 Å². The van der Waals surface area contributed by atoms with Crippen molar-refractivity contribution in [3.63, 3.8) is 0 Å². The summed E-state index contributed by atoms with van der Waals surface area (Å²) in [7, 11) is 0. The first-order valence-corrected chi connectivity index (χ1v) is 11.8. The topological polar surface area (TPSA) is 75.0 Å². The predicted octanol–water partition coefficient (Wildman–Crippen LogP) is 5.71. The second kappa shape index (κ2) is 7.99. The van der Waals surface area contributed by atoms with Crippen LogP contribution in [0.4, 0.5) is 5.69 Å². The van der Waals surface area contributed by atoms with Crippen LogP contribution in [0.3, 0.4) is 0 Å². The molecule has 0 spiro atoms. The Morgan fingerprint density at radius 1 is 1.19 bits per heavy atom. The molecule has 0 bridgehead atoms. The van der Waals surface area contributed by atoms with Crippen LogP contribution in [0.25, 0.3) is 22.3 Å². The Labute approximate surface area is 187 Å². The van der Waals surface area contributed by atoms with E-state index in [1.165, 1.54) is 44.7 Å². The maximum Gasteiger partial charge on any atom is 0.147 e. The van der Waals surface area contributed by atoms with Gasteiger partial charge in [0.2, 0.25) is 0 Å². The summed E-state index contributed by atoms with van der Waals surface area (Å²) in [6.07, 6.45) is 5.38. The lowest BCUT2D eigenvalue weighted by Gasteiger charge is -2.38. The number of anilines is 1. The molecular weight excluding hydrogens is 388 g/mol. The summed E-state index contributed by atoms with van der Waals surface area (Å²) < 4.78 is 11.7. The lowest BCUT2D eigenvalue weighted by Crippen LogP contribution is -2.40. The zero-order chi connectivity index (χ0) is 21.6. The molecule has 1 aliphatic carbocycles. The minimum Gasteiger partial charge on any atom is -0.385 e. The molecule has 0 saturated carbocycles. The highest BCUT2D eigenvalue weighted by molar-refractivity contribution is 5.94. The van der Waals surface area contributed by atoms with Crippen LogP contribution in [0.5, 0.6) is 0 Å². The minimum absolute atomic E-state index is 0. The van der Waals surface area contributed by atoms with Gasteiger partial charge in [-0.1, -0.05) is 13.8 Å². The van der Waals surface area contributed by atoms with Gasteiger partial charge in [0.1, 0.15) is 12.5 Å². The normalized spacial score (nSPS) is 18.8. The van der Waals surface area contributed by atoms with Crippen LogP contribution in [0, 0.1) is 6.92 Å². The highest BCUT2D eigenvalue weighted by atomic mass is 16.7. The van der Waals surface area contributed by atoms with E-state index in [-0.39, 0.29) is 14.4 Å². The summed E-state index contributed by atoms with van der Waals surface area (Å²) in [5, 5.41) is 12.9. The van der Waals surface area contributed by atoms with Gasteiger partial charge in [-0.25, -0.2) is 0 Å². The second-order valence-electron chi connectivity index (χ2n) is 8.99. The number of fused-ring (bicyclic) bond motifs is 5. The van der Waals surface area contributed by atoms with Crippen molar-refractivity contribution in [1.82, 2.24) is 15.2 Å². The molecule has 3 heterocycles. The number of rotatable bonds is 6. The third-order valence-electron chi connectivity index (χ3n) is 7.61. The molecule has 1 atom stereocenters. The van der Waals surface area contributed by atoms with Crippen LogP contribution in [-0.2, 0) is 27.7 Å². The largest absolute Gasteiger partial charge is 0.385 e. The molecule has 6 heteroatoms. The molecule has 1 fully saturated rings. The van der Waals surface area contributed by atoms with E-state index in [4.69, 9.17) is 9.47 Å². The quantitative estimate of drug-likeness (QED) is 0.472. The van der Waals surface area contributed by atoms with Gasteiger partial charge in [0.25, 0.3) is 0 Å². The summed E-state index contributed by atoms with van der Waals surface area (Å²) in [5.74, 6) is 0. The fourth-order valence-corrected chi connectivity index (χ4v) is 5.83. The van der Waals surface area contributed by atoms with Gasteiger partial charge < -0.3 is 19.8 Å². The van der Waals surface area contributed by atoms with Crippen molar-refractivity contribution in [2.75, 3.05) is 25.3 Å². The number of hydrogen-bond donors (Lipinski definition) is 3. The molecule has 1 unspecified atom stereocenters. The average molecular weight is 427 g/mol. The van der Waals surface area contributed by atoms with Gasteiger partial charge in [-0.15, -0.1) is 0 Å². The number of nitrogens with zero attached hydrogens (tertiary/aromatic N) is 1. The molecule has 1 aliphatic heterocycles. The number of benzene rings is 1. The molecular formula is C25H38N4O2. The van der Waals surface area contributed by atoms with Gasteiger partial charge in [0, 0.05) is 42.7 Å². The van der Waals surface area contributed by atoms with E-state index in [0.29, 0.717) is 13.4 Å². The molecule has 170 valence electrons. The van der Waals surface area contributed by atoms with Crippen molar-refractivity contribution < 1.29 is 12.3 Å². The number of nitrogens with one attached hydrogen (secondary N) is 3. The highest BCUT2D eigenvalue weighted by Crippen LogP contribution is 2.45. The van der Waals surface area contributed by atoms with Gasteiger partial charge in [-0.3, -0.25) is 5.10 Å². The van der Waals surface area contributed by atoms with E-state index in [0.717, 1.165) is 44.3 Å². The van der Waals surface area contributed by atoms with Crippen molar-refractivity contribution in [3.05, 3.63) is 34.5 Å². The van der Waals surface area contributed by atoms with Crippen LogP contribution in [0.15, 0.2) is 12.1 Å². The lowest BCUT2D eigenvalue weighted by molar-refractivity contribution is 0.0151. The van der Waals surface area contributed by atoms with Crippen LogP contribution in [0.2, 0.25) is 0 Å². The van der Waals surface area contributed by atoms with Crippen LogP contribution in [0.1, 0.15) is 65.3 Å². The Morgan fingerprint density at radius 2 is 2.00 bits per heavy atom. The van der Waals surface area contributed by atoms with Crippen LogP contribution < -0.4 is 5.32 Å². The number of aryl methyl sites for hydroxylation is 2. The summed E-state index contributed by atoms with van der Waals surface area (Å²) in [6, 6.07) is 4.74. The van der Waals surface area contributed by atoms with Gasteiger partial charge >= 0.3 is 0 Å². The van der Waals surface area contributed by atoms with Gasteiger partial charge in [-0.2, -0.15) is 5.10 Å². The molecule has 6 nitrogen and oxygen atoms in total. The minimum atomic E-state index is -0.0845. The van der Waals surface area contributed by atoms with Crippen molar-refractivity contribution in [3.8, 4) is 11.4 Å². The molecule has 1 aromatic carbocycles. The Kier molecular flexibility index (Phi) is 5.30. The van der Waals surface area contributed by atoms with Crippen molar-refractivity contribution in [2.45, 2.75) is 71.3 Å². The third-order valence-corrected chi connectivity index (χ3v) is 7.61. The van der Waals surface area contributed by atoms with Crippen molar-refractivity contribution >= 4 is 16.6 Å². The zero-order valence-corrected chi connectivity index (χ0v) is 19.2. The molecule has 31 heavy (non-hydrogen) atoms. The first kappa shape index (κ1) is 20.6. The summed E-state index contributed by atoms with van der Waals surface area (Å²) in [5.41, 5.74) is 9.87. The molecule has 0 amide bonds. The molecule has 2 aromatic heterocycles. The van der Waals surface area contributed by atoms with Gasteiger partial charge in [0.05, 0.1) is 18.4 Å². The molecule has 3 aromatic rings. The van der Waals surface area contributed by atoms with E-state index in [1.54, 1.807) is 0 Å². The Bertz CT molecular complexity index is 1100. The predicted molar refractivity (Wildman–Crippen MR) is 129 cm³/mol. The fourth-order valence-electron chi connectivity index (χ4n) is 5.83. The molecule has 3 N–H and O–H groups in total. The average Bonchev–Trinajstić information content (AvgIpc) is 3.48. The van der Waals surface area contributed by atoms with E-state index in [1.807, 2.05) is 0 Å². The van der Waals surface area contributed by atoms with Crippen LogP contribution >= 0.6 is 0 Å². The SMILES string of the molecule is CCNc1cc2c3c([nH]c2cc1C(CC)(CC)C1COCO1)-c1n[nH]c(C)c1CCC3.[HH].[HH]. The van der Waals surface area contributed by atoms with Gasteiger partial charge in [0.15, 0.2) is 0 Å². The first-order chi connectivity index (χ1) is 15.1. The second-order valence-corrected chi connectivity index (χ2v) is 8.99.